The van der Waals surface area contributed by atoms with Gasteiger partial charge in [0.2, 0.25) is 0 Å². The highest BCUT2D eigenvalue weighted by Gasteiger charge is 2.26. The van der Waals surface area contributed by atoms with Crippen LogP contribution in [-0.4, -0.2) is 32.9 Å². The number of fused-ring (bicyclic) bond motifs is 2. The van der Waals surface area contributed by atoms with Gasteiger partial charge in [0.15, 0.2) is 33.2 Å². The number of sulfonamides is 1. The lowest BCUT2D eigenvalue weighted by molar-refractivity contribution is 0.501. The van der Waals surface area contributed by atoms with Gasteiger partial charge in [-0.05, 0) is 24.3 Å². The molecule has 0 spiro atoms. The van der Waals surface area contributed by atoms with Gasteiger partial charge >= 0.3 is 0 Å². The van der Waals surface area contributed by atoms with Crippen molar-refractivity contribution in [3.05, 3.63) is 88.7 Å². The Morgan fingerprint density at radius 1 is 0.950 bits per heavy atom. The standard InChI is InChI=1S/C24H12Cl2F3N7O2S2/c25-11-4-3-7-16(17(11)26)40(37,38)35-14-8-12(27)18(28)20(19(14)29)33-22-21-23(31-9-30-22)39-24(34-21)36-10-32-13-5-1-2-6-15(13)36/h1-10,35H,(H,30,31,33). The molecule has 2 N–H and O–H groups in total. The fourth-order valence-electron chi connectivity index (χ4n) is 3.85. The van der Waals surface area contributed by atoms with Crippen LogP contribution in [0.1, 0.15) is 0 Å². The first-order chi connectivity index (χ1) is 19.1. The van der Waals surface area contributed by atoms with Crippen molar-refractivity contribution >= 4 is 83.1 Å². The van der Waals surface area contributed by atoms with Crippen LogP contribution in [0.3, 0.4) is 0 Å². The first kappa shape index (κ1) is 26.3. The van der Waals surface area contributed by atoms with Gasteiger partial charge in [0.25, 0.3) is 10.0 Å². The number of rotatable bonds is 6. The van der Waals surface area contributed by atoms with Crippen LogP contribution in [0.25, 0.3) is 26.5 Å². The van der Waals surface area contributed by atoms with E-state index in [1.165, 1.54) is 12.1 Å². The summed E-state index contributed by atoms with van der Waals surface area (Å²) in [5, 5.41) is 2.45. The highest BCUT2D eigenvalue weighted by Crippen LogP contribution is 2.36. The second kappa shape index (κ2) is 9.89. The van der Waals surface area contributed by atoms with E-state index in [1.807, 2.05) is 29.0 Å². The maximum absolute atomic E-state index is 15.5. The van der Waals surface area contributed by atoms with Gasteiger partial charge < -0.3 is 5.32 Å². The van der Waals surface area contributed by atoms with Gasteiger partial charge in [0.05, 0.1) is 26.8 Å². The van der Waals surface area contributed by atoms with Crippen molar-refractivity contribution in [1.29, 1.82) is 0 Å². The van der Waals surface area contributed by atoms with Gasteiger partial charge in [-0.2, -0.15) is 0 Å². The summed E-state index contributed by atoms with van der Waals surface area (Å²) in [7, 11) is -4.55. The van der Waals surface area contributed by atoms with E-state index < -0.39 is 43.7 Å². The normalized spacial score (nSPS) is 11.8. The summed E-state index contributed by atoms with van der Waals surface area (Å²) >= 11 is 13.0. The van der Waals surface area contributed by atoms with Crippen molar-refractivity contribution in [2.75, 3.05) is 10.0 Å². The van der Waals surface area contributed by atoms with Gasteiger partial charge in [-0.15, -0.1) is 0 Å². The molecular weight excluding hydrogens is 610 g/mol. The lowest BCUT2D eigenvalue weighted by Gasteiger charge is -2.15. The topological polar surface area (TPSA) is 115 Å². The molecule has 0 unspecified atom stereocenters. The summed E-state index contributed by atoms with van der Waals surface area (Å²) in [4.78, 5) is 16.9. The van der Waals surface area contributed by atoms with Crippen LogP contribution >= 0.6 is 34.5 Å². The average molecular weight is 622 g/mol. The Morgan fingerprint density at radius 2 is 1.75 bits per heavy atom. The van der Waals surface area contributed by atoms with E-state index in [2.05, 4.69) is 25.3 Å². The average Bonchev–Trinajstić information content (AvgIpc) is 3.55. The van der Waals surface area contributed by atoms with E-state index in [0.29, 0.717) is 16.0 Å². The van der Waals surface area contributed by atoms with Crippen molar-refractivity contribution in [3.8, 4) is 5.13 Å². The van der Waals surface area contributed by atoms with Gasteiger partial charge in [0, 0.05) is 6.07 Å². The van der Waals surface area contributed by atoms with E-state index in [-0.39, 0.29) is 21.4 Å². The van der Waals surface area contributed by atoms with Crippen LogP contribution < -0.4 is 10.0 Å². The van der Waals surface area contributed by atoms with E-state index >= 15 is 4.39 Å². The second-order valence-corrected chi connectivity index (χ2v) is 11.6. The third-order valence-electron chi connectivity index (χ3n) is 5.69. The Hall–Kier alpha value is -3.98. The molecule has 3 aromatic carbocycles. The SMILES string of the molecule is O=S(=O)(Nc1cc(F)c(F)c(Nc2ncnc3sc(-n4cnc5ccccc54)nc23)c1F)c1cccc(Cl)c1Cl. The Labute approximate surface area is 237 Å². The molecule has 3 heterocycles. The molecule has 3 aromatic heterocycles. The van der Waals surface area contributed by atoms with Crippen molar-refractivity contribution in [1.82, 2.24) is 24.5 Å². The highest BCUT2D eigenvalue weighted by molar-refractivity contribution is 7.92. The maximum atomic E-state index is 15.5. The molecule has 0 radical (unpaired) electrons. The lowest BCUT2D eigenvalue weighted by atomic mass is 10.2. The summed E-state index contributed by atoms with van der Waals surface area (Å²) in [5.74, 6) is -4.73. The van der Waals surface area contributed by atoms with E-state index in [0.717, 1.165) is 34.8 Å². The number of nitrogens with one attached hydrogen (secondary N) is 2. The van der Waals surface area contributed by atoms with Gasteiger partial charge in [-0.25, -0.2) is 41.5 Å². The number of para-hydroxylation sites is 2. The lowest BCUT2D eigenvalue weighted by Crippen LogP contribution is -2.16. The Bertz CT molecular complexity index is 2070. The molecule has 0 atom stereocenters. The summed E-state index contributed by atoms with van der Waals surface area (Å²) in [6.07, 6.45) is 2.71. The molecule has 0 aliphatic rings. The highest BCUT2D eigenvalue weighted by atomic mass is 35.5. The largest absolute Gasteiger partial charge is 0.333 e. The van der Waals surface area contributed by atoms with Crippen molar-refractivity contribution < 1.29 is 21.6 Å². The van der Waals surface area contributed by atoms with Gasteiger partial charge in [-0.3, -0.25) is 9.29 Å². The minimum atomic E-state index is -4.55. The Morgan fingerprint density at radius 3 is 2.58 bits per heavy atom. The molecule has 0 aliphatic carbocycles. The number of hydrogen-bond donors (Lipinski definition) is 2. The maximum Gasteiger partial charge on any atom is 0.263 e. The third-order valence-corrected chi connectivity index (χ3v) is 8.99. The zero-order valence-corrected chi connectivity index (χ0v) is 22.7. The molecular formula is C24H12Cl2F3N7O2S2. The zero-order chi connectivity index (χ0) is 28.2. The summed E-state index contributed by atoms with van der Waals surface area (Å²) in [6.45, 7) is 0. The number of hydrogen-bond acceptors (Lipinski definition) is 8. The molecule has 0 amide bonds. The van der Waals surface area contributed by atoms with Crippen molar-refractivity contribution in [3.63, 3.8) is 0 Å². The van der Waals surface area contributed by atoms with Gasteiger partial charge in [0.1, 0.15) is 28.8 Å². The molecule has 6 aromatic rings. The number of aromatic nitrogens is 5. The van der Waals surface area contributed by atoms with Crippen LogP contribution in [-0.2, 0) is 10.0 Å². The second-order valence-electron chi connectivity index (χ2n) is 8.17. The summed E-state index contributed by atoms with van der Waals surface area (Å²) in [6, 6.07) is 11.5. The predicted molar refractivity (Wildman–Crippen MR) is 147 cm³/mol. The van der Waals surface area contributed by atoms with Crippen LogP contribution in [0.5, 0.6) is 0 Å². The number of anilines is 3. The van der Waals surface area contributed by atoms with E-state index in [9.17, 15) is 17.2 Å². The fraction of sp³-hybridized carbons (Fsp3) is 0. The monoisotopic (exact) mass is 621 g/mol. The molecule has 0 saturated carbocycles. The van der Waals surface area contributed by atoms with Crippen LogP contribution in [0, 0.1) is 17.5 Å². The number of nitrogens with zero attached hydrogens (tertiary/aromatic N) is 5. The minimum Gasteiger partial charge on any atom is -0.333 e. The molecule has 0 saturated heterocycles. The quantitative estimate of drug-likeness (QED) is 0.199. The van der Waals surface area contributed by atoms with E-state index in [4.69, 9.17) is 23.2 Å². The van der Waals surface area contributed by atoms with Crippen molar-refractivity contribution in [2.45, 2.75) is 4.90 Å². The number of benzene rings is 3. The van der Waals surface area contributed by atoms with Crippen LogP contribution in [0.4, 0.5) is 30.4 Å². The summed E-state index contributed by atoms with van der Waals surface area (Å²) < 4.78 is 74.3. The summed E-state index contributed by atoms with van der Waals surface area (Å²) in [5.41, 5.74) is -0.257. The number of imidazole rings is 1. The fourth-order valence-corrected chi connectivity index (χ4v) is 6.55. The first-order valence-corrected chi connectivity index (χ1v) is 14.1. The molecule has 16 heteroatoms. The molecule has 6 rings (SSSR count). The van der Waals surface area contributed by atoms with E-state index in [1.54, 1.807) is 10.9 Å². The molecule has 9 nitrogen and oxygen atoms in total. The molecule has 40 heavy (non-hydrogen) atoms. The number of halogens is 5. The van der Waals surface area contributed by atoms with Gasteiger partial charge in [-0.1, -0.05) is 52.7 Å². The first-order valence-electron chi connectivity index (χ1n) is 11.1. The Balaban J connectivity index is 1.40. The zero-order valence-electron chi connectivity index (χ0n) is 19.5. The van der Waals surface area contributed by atoms with Crippen LogP contribution in [0.2, 0.25) is 10.0 Å². The van der Waals surface area contributed by atoms with Crippen LogP contribution in [0.15, 0.2) is 66.1 Å². The minimum absolute atomic E-state index is 0.0724. The predicted octanol–water partition coefficient (Wildman–Crippen LogP) is 6.69. The molecule has 202 valence electrons. The van der Waals surface area contributed by atoms with Crippen molar-refractivity contribution in [2.24, 2.45) is 0 Å². The smallest absolute Gasteiger partial charge is 0.263 e. The molecule has 0 aliphatic heterocycles. The Kier molecular flexibility index (Phi) is 6.49. The molecule has 0 bridgehead atoms. The third kappa shape index (κ3) is 4.48. The number of thiazole rings is 1. The molecule has 0 fully saturated rings.